The number of rotatable bonds is 5. The molecule has 1 heterocycles. The van der Waals surface area contributed by atoms with Crippen LogP contribution in [0.4, 0.5) is 5.69 Å². The van der Waals surface area contributed by atoms with Crippen LogP contribution in [0.25, 0.3) is 0 Å². The zero-order valence-electron chi connectivity index (χ0n) is 11.6. The molecule has 2 rings (SSSR count). The number of sulfonamides is 1. The van der Waals surface area contributed by atoms with Gasteiger partial charge in [-0.2, -0.15) is 5.26 Å². The van der Waals surface area contributed by atoms with Crippen LogP contribution in [0.1, 0.15) is 24.6 Å². The van der Waals surface area contributed by atoms with Crippen molar-refractivity contribution >= 4 is 15.7 Å². The second-order valence-electron chi connectivity index (χ2n) is 4.47. The number of nitriles is 1. The van der Waals surface area contributed by atoms with E-state index in [1.54, 1.807) is 18.2 Å². The summed E-state index contributed by atoms with van der Waals surface area (Å²) in [5.41, 5.74) is 1.34. The Hall–Kier alpha value is -2.39. The van der Waals surface area contributed by atoms with Crippen LogP contribution in [-0.2, 0) is 16.4 Å². The predicted molar refractivity (Wildman–Crippen MR) is 80.2 cm³/mol. The highest BCUT2D eigenvalue weighted by molar-refractivity contribution is 7.92. The van der Waals surface area contributed by atoms with Gasteiger partial charge in [0.25, 0.3) is 10.0 Å². The second-order valence-corrected chi connectivity index (χ2v) is 6.13. The van der Waals surface area contributed by atoms with E-state index in [1.807, 2.05) is 19.1 Å². The van der Waals surface area contributed by atoms with Crippen molar-refractivity contribution in [2.24, 2.45) is 0 Å². The molecule has 2 aromatic rings. The number of hydrogen-bond donors (Lipinski definition) is 1. The van der Waals surface area contributed by atoms with Crippen molar-refractivity contribution in [3.8, 4) is 6.07 Å². The van der Waals surface area contributed by atoms with Gasteiger partial charge in [0.05, 0.1) is 5.69 Å². The zero-order chi connectivity index (χ0) is 15.3. The fourth-order valence-corrected chi connectivity index (χ4v) is 3.21. The van der Waals surface area contributed by atoms with E-state index in [1.165, 1.54) is 18.3 Å². The highest BCUT2D eigenvalue weighted by Crippen LogP contribution is 2.22. The first-order valence-electron chi connectivity index (χ1n) is 6.54. The minimum absolute atomic E-state index is 0.112. The van der Waals surface area contributed by atoms with E-state index in [0.29, 0.717) is 5.69 Å². The maximum absolute atomic E-state index is 12.4. The zero-order valence-corrected chi connectivity index (χ0v) is 12.4. The lowest BCUT2D eigenvalue weighted by Gasteiger charge is -2.12. The molecule has 0 spiro atoms. The van der Waals surface area contributed by atoms with Crippen molar-refractivity contribution < 1.29 is 8.42 Å². The highest BCUT2D eigenvalue weighted by atomic mass is 32.2. The van der Waals surface area contributed by atoms with Gasteiger partial charge in [-0.15, -0.1) is 0 Å². The van der Waals surface area contributed by atoms with E-state index in [0.717, 1.165) is 18.4 Å². The van der Waals surface area contributed by atoms with Crippen LogP contribution >= 0.6 is 0 Å². The van der Waals surface area contributed by atoms with Crippen LogP contribution < -0.4 is 4.72 Å². The van der Waals surface area contributed by atoms with E-state index in [4.69, 9.17) is 5.26 Å². The lowest BCUT2D eigenvalue weighted by molar-refractivity contribution is 0.600. The minimum Gasteiger partial charge on any atom is -0.279 e. The number of aryl methyl sites for hydroxylation is 1. The molecule has 0 saturated heterocycles. The molecule has 0 saturated carbocycles. The topological polar surface area (TPSA) is 82.8 Å². The van der Waals surface area contributed by atoms with Gasteiger partial charge >= 0.3 is 0 Å². The molecule has 0 bridgehead atoms. The molecule has 0 aliphatic rings. The van der Waals surface area contributed by atoms with Crippen molar-refractivity contribution in [2.75, 3.05) is 4.72 Å². The van der Waals surface area contributed by atoms with Crippen molar-refractivity contribution in [2.45, 2.75) is 24.7 Å². The molecule has 0 aliphatic heterocycles. The van der Waals surface area contributed by atoms with Crippen molar-refractivity contribution in [3.63, 3.8) is 0 Å². The van der Waals surface area contributed by atoms with Crippen LogP contribution in [0, 0.1) is 11.3 Å². The fraction of sp³-hybridized carbons (Fsp3) is 0.200. The molecule has 1 aromatic heterocycles. The third kappa shape index (κ3) is 3.38. The summed E-state index contributed by atoms with van der Waals surface area (Å²) in [5, 5.41) is 8.98. The SMILES string of the molecule is CCCc1ccccc1NS(=O)(=O)c1cccnc1C#N. The van der Waals surface area contributed by atoms with Crippen LogP contribution in [0.5, 0.6) is 0 Å². The third-order valence-electron chi connectivity index (χ3n) is 2.95. The first-order chi connectivity index (χ1) is 10.1. The van der Waals surface area contributed by atoms with Gasteiger partial charge in [-0.05, 0) is 30.2 Å². The predicted octanol–water partition coefficient (Wildman–Crippen LogP) is 2.71. The Kier molecular flexibility index (Phi) is 4.55. The molecule has 108 valence electrons. The molecule has 0 fully saturated rings. The summed E-state index contributed by atoms with van der Waals surface area (Å²) in [4.78, 5) is 3.67. The molecule has 0 amide bonds. The Morgan fingerprint density at radius 2 is 2.00 bits per heavy atom. The van der Waals surface area contributed by atoms with Gasteiger partial charge in [0.1, 0.15) is 11.0 Å². The quantitative estimate of drug-likeness (QED) is 0.920. The molecule has 5 nitrogen and oxygen atoms in total. The first kappa shape index (κ1) is 15.0. The van der Waals surface area contributed by atoms with Gasteiger partial charge < -0.3 is 0 Å². The Labute approximate surface area is 124 Å². The Balaban J connectivity index is 2.41. The Morgan fingerprint density at radius 3 is 2.71 bits per heavy atom. The van der Waals surface area contributed by atoms with Crippen LogP contribution in [-0.4, -0.2) is 13.4 Å². The van der Waals surface area contributed by atoms with Crippen LogP contribution in [0.2, 0.25) is 0 Å². The Bertz CT molecular complexity index is 780. The van der Waals surface area contributed by atoms with Gasteiger partial charge in [-0.1, -0.05) is 31.5 Å². The summed E-state index contributed by atoms with van der Waals surface area (Å²) in [6, 6.07) is 11.9. The van der Waals surface area contributed by atoms with Crippen LogP contribution in [0.15, 0.2) is 47.5 Å². The summed E-state index contributed by atoms with van der Waals surface area (Å²) in [6.45, 7) is 2.03. The van der Waals surface area contributed by atoms with Gasteiger partial charge in [0.2, 0.25) is 0 Å². The highest BCUT2D eigenvalue weighted by Gasteiger charge is 2.20. The molecule has 0 aliphatic carbocycles. The number of anilines is 1. The van der Waals surface area contributed by atoms with Crippen molar-refractivity contribution in [1.29, 1.82) is 5.26 Å². The number of para-hydroxylation sites is 1. The molecule has 0 unspecified atom stereocenters. The lowest BCUT2D eigenvalue weighted by Crippen LogP contribution is -2.16. The van der Waals surface area contributed by atoms with Crippen LogP contribution in [0.3, 0.4) is 0 Å². The number of nitrogens with zero attached hydrogens (tertiary/aromatic N) is 2. The molecular formula is C15H15N3O2S. The molecular weight excluding hydrogens is 286 g/mol. The molecule has 6 heteroatoms. The monoisotopic (exact) mass is 301 g/mol. The number of benzene rings is 1. The largest absolute Gasteiger partial charge is 0.279 e. The number of pyridine rings is 1. The van der Waals surface area contributed by atoms with Gasteiger partial charge in [-0.3, -0.25) is 4.72 Å². The summed E-state index contributed by atoms with van der Waals surface area (Å²) in [5.74, 6) is 0. The van der Waals surface area contributed by atoms with E-state index < -0.39 is 10.0 Å². The summed E-state index contributed by atoms with van der Waals surface area (Å²) >= 11 is 0. The van der Waals surface area contributed by atoms with Gasteiger partial charge in [0, 0.05) is 6.20 Å². The summed E-state index contributed by atoms with van der Waals surface area (Å²) in [7, 11) is -3.83. The first-order valence-corrected chi connectivity index (χ1v) is 8.02. The summed E-state index contributed by atoms with van der Waals surface area (Å²) in [6.07, 6.45) is 3.08. The number of aromatic nitrogens is 1. The second kappa shape index (κ2) is 6.37. The molecule has 1 aromatic carbocycles. The summed E-state index contributed by atoms with van der Waals surface area (Å²) < 4.78 is 27.4. The minimum atomic E-state index is -3.83. The molecule has 21 heavy (non-hydrogen) atoms. The van der Waals surface area contributed by atoms with E-state index in [-0.39, 0.29) is 10.6 Å². The van der Waals surface area contributed by atoms with Crippen molar-refractivity contribution in [3.05, 3.63) is 53.9 Å². The average molecular weight is 301 g/mol. The maximum atomic E-state index is 12.4. The molecule has 0 radical (unpaired) electrons. The standard InChI is InChI=1S/C15H15N3O2S/c1-2-6-12-7-3-4-8-13(12)18-21(19,20)15-9-5-10-17-14(15)11-16/h3-5,7-10,18H,2,6H2,1H3. The Morgan fingerprint density at radius 1 is 1.24 bits per heavy atom. The maximum Gasteiger partial charge on any atom is 0.264 e. The molecule has 1 N–H and O–H groups in total. The number of hydrogen-bond acceptors (Lipinski definition) is 4. The van der Waals surface area contributed by atoms with E-state index >= 15 is 0 Å². The van der Waals surface area contributed by atoms with E-state index in [9.17, 15) is 8.42 Å². The van der Waals surface area contributed by atoms with Gasteiger partial charge in [0.15, 0.2) is 5.69 Å². The molecule has 0 atom stereocenters. The smallest absolute Gasteiger partial charge is 0.264 e. The fourth-order valence-electron chi connectivity index (χ4n) is 2.00. The lowest BCUT2D eigenvalue weighted by atomic mass is 10.1. The van der Waals surface area contributed by atoms with Crippen molar-refractivity contribution in [1.82, 2.24) is 4.98 Å². The normalized spacial score (nSPS) is 10.9. The average Bonchev–Trinajstić information content (AvgIpc) is 2.49. The van der Waals surface area contributed by atoms with E-state index in [2.05, 4.69) is 9.71 Å². The number of nitrogens with one attached hydrogen (secondary N) is 1. The van der Waals surface area contributed by atoms with Gasteiger partial charge in [-0.25, -0.2) is 13.4 Å². The third-order valence-corrected chi connectivity index (χ3v) is 4.34.